The van der Waals surface area contributed by atoms with Crippen LogP contribution in [0.1, 0.15) is 16.2 Å². The van der Waals surface area contributed by atoms with Gasteiger partial charge in [0.05, 0.1) is 0 Å². The summed E-state index contributed by atoms with van der Waals surface area (Å²) < 4.78 is 4.45. The number of rotatable bonds is 3. The molecule has 16 heavy (non-hydrogen) atoms. The van der Waals surface area contributed by atoms with Crippen LogP contribution in [0.25, 0.3) is 0 Å². The summed E-state index contributed by atoms with van der Waals surface area (Å²) in [5.41, 5.74) is 0.316. The molecule has 0 saturated carbocycles. The van der Waals surface area contributed by atoms with Crippen molar-refractivity contribution >= 4 is 5.97 Å². The summed E-state index contributed by atoms with van der Waals surface area (Å²) in [6, 6.07) is 0. The lowest BCUT2D eigenvalue weighted by molar-refractivity contribution is 0.0682. The van der Waals surface area contributed by atoms with E-state index in [1.165, 1.54) is 0 Å². The minimum atomic E-state index is -1.09. The molecule has 1 saturated heterocycles. The number of piperazine rings is 1. The van der Waals surface area contributed by atoms with Crippen LogP contribution in [0.5, 0.6) is 0 Å². The maximum atomic E-state index is 10.8. The summed E-state index contributed by atoms with van der Waals surface area (Å²) in [5.74, 6) is -1.09. The van der Waals surface area contributed by atoms with Crippen molar-refractivity contribution in [1.82, 2.24) is 20.1 Å². The largest absolute Gasteiger partial charge is 0.476 e. The van der Waals surface area contributed by atoms with E-state index in [0.29, 0.717) is 12.2 Å². The van der Waals surface area contributed by atoms with Gasteiger partial charge in [-0.2, -0.15) is 0 Å². The molecule has 0 radical (unpaired) electrons. The van der Waals surface area contributed by atoms with Gasteiger partial charge in [0.1, 0.15) is 5.69 Å². The molecule has 0 aromatic carbocycles. The number of likely N-dealkylation sites (N-methyl/N-ethyl adjacent to an activating group) is 1. The molecular formula is C9H14N4O3. The van der Waals surface area contributed by atoms with Crippen LogP contribution in [-0.2, 0) is 6.54 Å². The first-order valence-corrected chi connectivity index (χ1v) is 5.12. The van der Waals surface area contributed by atoms with Gasteiger partial charge in [0.25, 0.3) is 0 Å². The molecule has 0 amide bonds. The van der Waals surface area contributed by atoms with Crippen molar-refractivity contribution in [3.8, 4) is 0 Å². The first-order chi connectivity index (χ1) is 7.66. The smallest absolute Gasteiger partial charge is 0.360 e. The van der Waals surface area contributed by atoms with Crippen molar-refractivity contribution in [2.45, 2.75) is 6.54 Å². The van der Waals surface area contributed by atoms with Crippen LogP contribution in [-0.4, -0.2) is 64.4 Å². The fraction of sp³-hybridized carbons (Fsp3) is 0.667. The molecule has 2 heterocycles. The highest BCUT2D eigenvalue weighted by atomic mass is 16.6. The van der Waals surface area contributed by atoms with Gasteiger partial charge in [0.15, 0.2) is 0 Å². The normalized spacial score (nSPS) is 18.8. The number of nitrogens with zero attached hydrogens (tertiary/aromatic N) is 4. The Kier molecular flexibility index (Phi) is 3.16. The minimum absolute atomic E-state index is 0.0843. The number of aromatic nitrogens is 2. The lowest BCUT2D eigenvalue weighted by atomic mass is 10.2. The molecule has 0 bridgehead atoms. The van der Waals surface area contributed by atoms with Crippen LogP contribution < -0.4 is 0 Å². The summed E-state index contributed by atoms with van der Waals surface area (Å²) in [5, 5.41) is 15.8. The van der Waals surface area contributed by atoms with Crippen LogP contribution in [0, 0.1) is 0 Å². The second kappa shape index (κ2) is 4.58. The molecular weight excluding hydrogens is 212 g/mol. The summed E-state index contributed by atoms with van der Waals surface area (Å²) in [6.07, 6.45) is 0. The third kappa shape index (κ3) is 2.37. The fourth-order valence-electron chi connectivity index (χ4n) is 1.69. The van der Waals surface area contributed by atoms with E-state index >= 15 is 0 Å². The maximum Gasteiger partial charge on any atom is 0.360 e. The average molecular weight is 226 g/mol. The predicted octanol–water partition coefficient (Wildman–Crippen LogP) is -0.485. The van der Waals surface area contributed by atoms with Crippen LogP contribution in [0.4, 0.5) is 0 Å². The Hall–Kier alpha value is -1.47. The van der Waals surface area contributed by atoms with Crippen LogP contribution in [0.3, 0.4) is 0 Å². The molecule has 1 N–H and O–H groups in total. The molecule has 1 aromatic rings. The highest BCUT2D eigenvalue weighted by Gasteiger charge is 2.21. The zero-order chi connectivity index (χ0) is 11.5. The summed E-state index contributed by atoms with van der Waals surface area (Å²) in [4.78, 5) is 15.2. The molecule has 1 fully saturated rings. The third-order valence-electron chi connectivity index (χ3n) is 2.73. The fourth-order valence-corrected chi connectivity index (χ4v) is 1.69. The Balaban J connectivity index is 1.98. The molecule has 1 aromatic heterocycles. The topological polar surface area (TPSA) is 82.7 Å². The van der Waals surface area contributed by atoms with Gasteiger partial charge in [-0.3, -0.25) is 4.90 Å². The molecule has 88 valence electrons. The highest BCUT2D eigenvalue weighted by Crippen LogP contribution is 2.09. The lowest BCUT2D eigenvalue weighted by Gasteiger charge is -2.31. The van der Waals surface area contributed by atoms with Crippen molar-refractivity contribution in [2.24, 2.45) is 0 Å². The molecule has 2 rings (SSSR count). The van der Waals surface area contributed by atoms with Crippen molar-refractivity contribution in [3.63, 3.8) is 0 Å². The zero-order valence-corrected chi connectivity index (χ0v) is 9.09. The quantitative estimate of drug-likeness (QED) is 0.744. The SMILES string of the molecule is CN1CCN(Cc2nonc2C(=O)O)CC1. The molecule has 0 aliphatic carbocycles. The van der Waals surface area contributed by atoms with E-state index in [-0.39, 0.29) is 5.69 Å². The molecule has 0 atom stereocenters. The van der Waals surface area contributed by atoms with E-state index < -0.39 is 5.97 Å². The Morgan fingerprint density at radius 2 is 2.06 bits per heavy atom. The number of carbonyl (C=O) groups is 1. The van der Waals surface area contributed by atoms with Gasteiger partial charge in [0.2, 0.25) is 5.69 Å². The van der Waals surface area contributed by atoms with E-state index in [2.05, 4.69) is 31.8 Å². The minimum Gasteiger partial charge on any atom is -0.476 e. The van der Waals surface area contributed by atoms with Crippen molar-refractivity contribution in [1.29, 1.82) is 0 Å². The lowest BCUT2D eigenvalue weighted by Crippen LogP contribution is -2.44. The molecule has 7 nitrogen and oxygen atoms in total. The van der Waals surface area contributed by atoms with Gasteiger partial charge >= 0.3 is 5.97 Å². The predicted molar refractivity (Wildman–Crippen MR) is 54.0 cm³/mol. The van der Waals surface area contributed by atoms with Crippen molar-refractivity contribution < 1.29 is 14.5 Å². The highest BCUT2D eigenvalue weighted by molar-refractivity contribution is 5.86. The second-order valence-electron chi connectivity index (χ2n) is 3.94. The van der Waals surface area contributed by atoms with Crippen molar-refractivity contribution in [2.75, 3.05) is 33.2 Å². The van der Waals surface area contributed by atoms with Crippen LogP contribution in [0.2, 0.25) is 0 Å². The molecule has 0 spiro atoms. The first-order valence-electron chi connectivity index (χ1n) is 5.12. The number of aromatic carboxylic acids is 1. The summed E-state index contributed by atoms with van der Waals surface area (Å²) in [6.45, 7) is 4.26. The number of carboxylic acid groups (broad SMARTS) is 1. The number of hydrogen-bond donors (Lipinski definition) is 1. The van der Waals surface area contributed by atoms with Crippen LogP contribution in [0.15, 0.2) is 4.63 Å². The van der Waals surface area contributed by atoms with E-state index in [1.54, 1.807) is 0 Å². The van der Waals surface area contributed by atoms with Gasteiger partial charge in [-0.25, -0.2) is 9.42 Å². The second-order valence-corrected chi connectivity index (χ2v) is 3.94. The van der Waals surface area contributed by atoms with E-state index in [4.69, 9.17) is 5.11 Å². The molecule has 1 aliphatic heterocycles. The Labute approximate surface area is 92.6 Å². The van der Waals surface area contributed by atoms with Crippen molar-refractivity contribution in [3.05, 3.63) is 11.4 Å². The van der Waals surface area contributed by atoms with Gasteiger partial charge in [-0.1, -0.05) is 5.16 Å². The van der Waals surface area contributed by atoms with Crippen LogP contribution >= 0.6 is 0 Å². The molecule has 1 aliphatic rings. The first kappa shape index (κ1) is 11.0. The van der Waals surface area contributed by atoms with E-state index in [1.807, 2.05) is 0 Å². The monoisotopic (exact) mass is 226 g/mol. The Morgan fingerprint density at radius 1 is 1.38 bits per heavy atom. The average Bonchev–Trinajstić information content (AvgIpc) is 2.69. The number of carboxylic acids is 1. The zero-order valence-electron chi connectivity index (χ0n) is 9.09. The Bertz CT molecular complexity index is 371. The van der Waals surface area contributed by atoms with Gasteiger partial charge in [0, 0.05) is 32.7 Å². The summed E-state index contributed by atoms with van der Waals surface area (Å²) in [7, 11) is 2.07. The van der Waals surface area contributed by atoms with E-state index in [9.17, 15) is 4.79 Å². The van der Waals surface area contributed by atoms with Gasteiger partial charge in [-0.05, 0) is 12.2 Å². The maximum absolute atomic E-state index is 10.8. The standard InChI is InChI=1S/C9H14N4O3/c1-12-2-4-13(5-3-12)6-7-8(9(14)15)11-16-10-7/h2-6H2,1H3,(H,14,15). The van der Waals surface area contributed by atoms with Gasteiger partial charge < -0.3 is 10.0 Å². The summed E-state index contributed by atoms with van der Waals surface area (Å²) >= 11 is 0. The van der Waals surface area contributed by atoms with E-state index in [0.717, 1.165) is 26.2 Å². The molecule has 0 unspecified atom stereocenters. The van der Waals surface area contributed by atoms with Gasteiger partial charge in [-0.15, -0.1) is 0 Å². The molecule has 7 heteroatoms. The Morgan fingerprint density at radius 3 is 2.69 bits per heavy atom. The number of hydrogen-bond acceptors (Lipinski definition) is 6. The third-order valence-corrected chi connectivity index (χ3v) is 2.73.